The van der Waals surface area contributed by atoms with Crippen molar-refractivity contribution in [1.29, 1.82) is 0 Å². The summed E-state index contributed by atoms with van der Waals surface area (Å²) in [4.78, 5) is 15.4. The lowest BCUT2D eigenvalue weighted by Gasteiger charge is -2.10. The number of benzene rings is 1. The minimum Gasteiger partial charge on any atom is -0.478 e. The number of carboxylic acid groups (broad SMARTS) is 1. The highest BCUT2D eigenvalue weighted by molar-refractivity contribution is 5.93. The SMILES string of the molecule is O=C(O)c1ccc2nc(OCCC3CCCC3)ccc2c1. The molecule has 0 amide bonds. The molecule has 0 spiro atoms. The molecule has 4 heteroatoms. The first-order chi connectivity index (χ1) is 10.2. The van der Waals surface area contributed by atoms with Crippen LogP contribution in [0.1, 0.15) is 42.5 Å². The Morgan fingerprint density at radius 2 is 2.05 bits per heavy atom. The summed E-state index contributed by atoms with van der Waals surface area (Å²) in [5, 5.41) is 9.79. The van der Waals surface area contributed by atoms with E-state index in [2.05, 4.69) is 4.98 Å². The second-order valence-electron chi connectivity index (χ2n) is 5.65. The van der Waals surface area contributed by atoms with Crippen LogP contribution >= 0.6 is 0 Å². The second-order valence-corrected chi connectivity index (χ2v) is 5.65. The zero-order valence-corrected chi connectivity index (χ0v) is 11.9. The Kier molecular flexibility index (Phi) is 4.04. The molecule has 1 fully saturated rings. The molecule has 1 saturated carbocycles. The van der Waals surface area contributed by atoms with Gasteiger partial charge in [0.25, 0.3) is 0 Å². The summed E-state index contributed by atoms with van der Waals surface area (Å²) in [5.74, 6) is 0.501. The Hall–Kier alpha value is -2.10. The van der Waals surface area contributed by atoms with Gasteiger partial charge in [-0.25, -0.2) is 9.78 Å². The third kappa shape index (κ3) is 3.32. The van der Waals surface area contributed by atoms with Crippen molar-refractivity contribution in [2.45, 2.75) is 32.1 Å². The van der Waals surface area contributed by atoms with Gasteiger partial charge in [-0.05, 0) is 36.6 Å². The van der Waals surface area contributed by atoms with Crippen molar-refractivity contribution in [1.82, 2.24) is 4.98 Å². The molecule has 1 N–H and O–H groups in total. The van der Waals surface area contributed by atoms with Crippen molar-refractivity contribution < 1.29 is 14.6 Å². The Balaban J connectivity index is 1.66. The zero-order chi connectivity index (χ0) is 14.7. The first-order valence-electron chi connectivity index (χ1n) is 7.49. The minimum atomic E-state index is -0.922. The van der Waals surface area contributed by atoms with Gasteiger partial charge in [-0.15, -0.1) is 0 Å². The van der Waals surface area contributed by atoms with Gasteiger partial charge in [-0.1, -0.05) is 25.7 Å². The fraction of sp³-hybridized carbons (Fsp3) is 0.412. The molecule has 0 radical (unpaired) electrons. The van der Waals surface area contributed by atoms with Crippen molar-refractivity contribution in [3.63, 3.8) is 0 Å². The van der Waals surface area contributed by atoms with Crippen LogP contribution in [0.2, 0.25) is 0 Å². The third-order valence-electron chi connectivity index (χ3n) is 4.16. The van der Waals surface area contributed by atoms with Gasteiger partial charge in [-0.3, -0.25) is 0 Å². The van der Waals surface area contributed by atoms with Crippen molar-refractivity contribution in [2.24, 2.45) is 5.92 Å². The highest BCUT2D eigenvalue weighted by Crippen LogP contribution is 2.27. The Bertz CT molecular complexity index is 648. The van der Waals surface area contributed by atoms with Crippen LogP contribution in [0.4, 0.5) is 0 Å². The predicted molar refractivity (Wildman–Crippen MR) is 80.8 cm³/mol. The van der Waals surface area contributed by atoms with E-state index in [1.807, 2.05) is 12.1 Å². The molecule has 1 aromatic heterocycles. The van der Waals surface area contributed by atoms with Gasteiger partial charge >= 0.3 is 5.97 Å². The third-order valence-corrected chi connectivity index (χ3v) is 4.16. The molecule has 0 bridgehead atoms. The number of nitrogens with zero attached hydrogens (tertiary/aromatic N) is 1. The van der Waals surface area contributed by atoms with Gasteiger partial charge in [0.05, 0.1) is 17.7 Å². The lowest BCUT2D eigenvalue weighted by molar-refractivity contribution is 0.0697. The van der Waals surface area contributed by atoms with E-state index in [-0.39, 0.29) is 5.56 Å². The number of fused-ring (bicyclic) bond motifs is 1. The molecule has 1 aliphatic rings. The molecule has 1 aliphatic carbocycles. The summed E-state index contributed by atoms with van der Waals surface area (Å²) in [6.45, 7) is 0.705. The molecule has 3 rings (SSSR count). The lowest BCUT2D eigenvalue weighted by atomic mass is 10.1. The van der Waals surface area contributed by atoms with E-state index in [0.29, 0.717) is 12.5 Å². The van der Waals surface area contributed by atoms with Crippen molar-refractivity contribution in [3.8, 4) is 5.88 Å². The van der Waals surface area contributed by atoms with E-state index in [9.17, 15) is 4.79 Å². The number of carboxylic acids is 1. The van der Waals surface area contributed by atoms with Crippen LogP contribution in [0, 0.1) is 5.92 Å². The number of rotatable bonds is 5. The van der Waals surface area contributed by atoms with Crippen LogP contribution in [0.25, 0.3) is 10.9 Å². The Morgan fingerprint density at radius 1 is 1.24 bits per heavy atom. The first-order valence-corrected chi connectivity index (χ1v) is 7.49. The molecular formula is C17H19NO3. The highest BCUT2D eigenvalue weighted by Gasteiger charge is 2.14. The van der Waals surface area contributed by atoms with Crippen LogP contribution in [0.3, 0.4) is 0 Å². The van der Waals surface area contributed by atoms with Crippen LogP contribution in [0.15, 0.2) is 30.3 Å². The maximum atomic E-state index is 10.9. The average Bonchev–Trinajstić information content (AvgIpc) is 3.00. The zero-order valence-electron chi connectivity index (χ0n) is 11.9. The monoisotopic (exact) mass is 285 g/mol. The Morgan fingerprint density at radius 3 is 2.81 bits per heavy atom. The second kappa shape index (κ2) is 6.12. The molecule has 0 unspecified atom stereocenters. The molecule has 1 aromatic carbocycles. The molecule has 0 saturated heterocycles. The van der Waals surface area contributed by atoms with Crippen LogP contribution in [-0.2, 0) is 0 Å². The largest absolute Gasteiger partial charge is 0.478 e. The summed E-state index contributed by atoms with van der Waals surface area (Å²) in [5.41, 5.74) is 1.04. The number of pyridine rings is 1. The van der Waals surface area contributed by atoms with E-state index in [1.165, 1.54) is 25.7 Å². The van der Waals surface area contributed by atoms with Gasteiger partial charge < -0.3 is 9.84 Å². The van der Waals surface area contributed by atoms with Gasteiger partial charge in [0, 0.05) is 11.5 Å². The van der Waals surface area contributed by atoms with Gasteiger partial charge in [0.15, 0.2) is 0 Å². The molecule has 0 aliphatic heterocycles. The van der Waals surface area contributed by atoms with E-state index < -0.39 is 5.97 Å². The number of hydrogen-bond acceptors (Lipinski definition) is 3. The number of hydrogen-bond donors (Lipinski definition) is 1. The maximum Gasteiger partial charge on any atom is 0.335 e. The van der Waals surface area contributed by atoms with Gasteiger partial charge in [0.1, 0.15) is 0 Å². The van der Waals surface area contributed by atoms with E-state index >= 15 is 0 Å². The molecule has 110 valence electrons. The summed E-state index contributed by atoms with van der Waals surface area (Å²) < 4.78 is 5.73. The fourth-order valence-electron chi connectivity index (χ4n) is 2.95. The first kappa shape index (κ1) is 13.9. The molecule has 21 heavy (non-hydrogen) atoms. The quantitative estimate of drug-likeness (QED) is 0.905. The minimum absolute atomic E-state index is 0.277. The van der Waals surface area contributed by atoms with E-state index in [0.717, 1.165) is 23.2 Å². The van der Waals surface area contributed by atoms with Crippen LogP contribution < -0.4 is 4.74 Å². The fourth-order valence-corrected chi connectivity index (χ4v) is 2.95. The predicted octanol–water partition coefficient (Wildman–Crippen LogP) is 3.89. The number of aromatic carboxylic acids is 1. The van der Waals surface area contributed by atoms with Crippen LogP contribution in [-0.4, -0.2) is 22.7 Å². The van der Waals surface area contributed by atoms with Gasteiger partial charge in [0.2, 0.25) is 5.88 Å². The smallest absolute Gasteiger partial charge is 0.335 e. The van der Waals surface area contributed by atoms with Crippen molar-refractivity contribution in [3.05, 3.63) is 35.9 Å². The molecular weight excluding hydrogens is 266 g/mol. The van der Waals surface area contributed by atoms with E-state index in [1.54, 1.807) is 18.2 Å². The highest BCUT2D eigenvalue weighted by atomic mass is 16.5. The van der Waals surface area contributed by atoms with E-state index in [4.69, 9.17) is 9.84 Å². The summed E-state index contributed by atoms with van der Waals surface area (Å²) in [7, 11) is 0. The van der Waals surface area contributed by atoms with Crippen molar-refractivity contribution >= 4 is 16.9 Å². The lowest BCUT2D eigenvalue weighted by Crippen LogP contribution is -2.04. The molecule has 2 aromatic rings. The average molecular weight is 285 g/mol. The number of ether oxygens (including phenoxy) is 1. The van der Waals surface area contributed by atoms with Gasteiger partial charge in [-0.2, -0.15) is 0 Å². The number of aromatic nitrogens is 1. The van der Waals surface area contributed by atoms with Crippen molar-refractivity contribution in [2.75, 3.05) is 6.61 Å². The topological polar surface area (TPSA) is 59.4 Å². The maximum absolute atomic E-state index is 10.9. The molecule has 0 atom stereocenters. The molecule has 1 heterocycles. The van der Waals surface area contributed by atoms with Crippen LogP contribution in [0.5, 0.6) is 5.88 Å². The summed E-state index contributed by atoms with van der Waals surface area (Å²) in [6.07, 6.45) is 6.45. The summed E-state index contributed by atoms with van der Waals surface area (Å²) >= 11 is 0. The molecule has 4 nitrogen and oxygen atoms in total. The Labute approximate surface area is 123 Å². The summed E-state index contributed by atoms with van der Waals surface area (Å²) in [6, 6.07) is 8.60. The number of carbonyl (C=O) groups is 1. The normalized spacial score (nSPS) is 15.4. The standard InChI is InChI=1S/C17H19NO3/c19-17(20)14-5-7-15-13(11-14)6-8-16(18-15)21-10-9-12-3-1-2-4-12/h5-8,11-12H,1-4,9-10H2,(H,19,20).